The standard InChI is InChI=1S/C11H16N2O2/c1-2-13-11(14)9-4-3-5-10(8-9)15-7-6-12/h3-5,8H,2,6-7,12H2,1H3,(H,13,14). The van der Waals surface area contributed by atoms with Crippen LogP contribution < -0.4 is 15.8 Å². The van der Waals surface area contributed by atoms with Gasteiger partial charge in [0.05, 0.1) is 0 Å². The van der Waals surface area contributed by atoms with E-state index in [-0.39, 0.29) is 5.91 Å². The first kappa shape index (κ1) is 11.5. The van der Waals surface area contributed by atoms with Gasteiger partial charge in [-0.15, -0.1) is 0 Å². The molecule has 0 atom stereocenters. The summed E-state index contributed by atoms with van der Waals surface area (Å²) in [6, 6.07) is 7.05. The zero-order valence-electron chi connectivity index (χ0n) is 8.82. The van der Waals surface area contributed by atoms with Crippen LogP contribution in [0.3, 0.4) is 0 Å². The van der Waals surface area contributed by atoms with Crippen LogP contribution in [-0.4, -0.2) is 25.6 Å². The summed E-state index contributed by atoms with van der Waals surface area (Å²) in [5.74, 6) is 0.583. The molecular formula is C11H16N2O2. The molecule has 0 heterocycles. The minimum Gasteiger partial charge on any atom is -0.492 e. The lowest BCUT2D eigenvalue weighted by molar-refractivity contribution is 0.0955. The van der Waals surface area contributed by atoms with Crippen LogP contribution in [0.25, 0.3) is 0 Å². The molecule has 0 saturated heterocycles. The Morgan fingerprint density at radius 1 is 1.53 bits per heavy atom. The van der Waals surface area contributed by atoms with Gasteiger partial charge >= 0.3 is 0 Å². The molecule has 1 rings (SSSR count). The number of hydrogen-bond donors (Lipinski definition) is 2. The first-order valence-electron chi connectivity index (χ1n) is 4.99. The van der Waals surface area contributed by atoms with Gasteiger partial charge in [0.2, 0.25) is 0 Å². The largest absolute Gasteiger partial charge is 0.492 e. The maximum atomic E-state index is 11.5. The minimum absolute atomic E-state index is 0.0873. The number of carbonyl (C=O) groups excluding carboxylic acids is 1. The van der Waals surface area contributed by atoms with Crippen LogP contribution in [-0.2, 0) is 0 Å². The molecular weight excluding hydrogens is 192 g/mol. The van der Waals surface area contributed by atoms with Crippen molar-refractivity contribution in [3.05, 3.63) is 29.8 Å². The number of nitrogens with two attached hydrogens (primary N) is 1. The zero-order valence-corrected chi connectivity index (χ0v) is 8.82. The van der Waals surface area contributed by atoms with Crippen LogP contribution >= 0.6 is 0 Å². The van der Waals surface area contributed by atoms with Gasteiger partial charge in [-0.05, 0) is 25.1 Å². The van der Waals surface area contributed by atoms with E-state index in [9.17, 15) is 4.79 Å². The fourth-order valence-electron chi connectivity index (χ4n) is 1.17. The maximum absolute atomic E-state index is 11.5. The Labute approximate surface area is 89.4 Å². The van der Waals surface area contributed by atoms with Crippen molar-refractivity contribution in [3.8, 4) is 5.75 Å². The van der Waals surface area contributed by atoms with Crippen LogP contribution in [0.2, 0.25) is 0 Å². The van der Waals surface area contributed by atoms with Gasteiger partial charge in [-0.25, -0.2) is 0 Å². The third-order valence-corrected chi connectivity index (χ3v) is 1.82. The Balaban J connectivity index is 2.69. The summed E-state index contributed by atoms with van der Waals surface area (Å²) in [6.07, 6.45) is 0. The molecule has 0 fully saturated rings. The van der Waals surface area contributed by atoms with E-state index in [1.165, 1.54) is 0 Å². The number of carbonyl (C=O) groups is 1. The molecule has 0 bridgehead atoms. The number of nitrogens with one attached hydrogen (secondary N) is 1. The molecule has 0 saturated carbocycles. The van der Waals surface area contributed by atoms with Gasteiger partial charge in [-0.3, -0.25) is 4.79 Å². The smallest absolute Gasteiger partial charge is 0.251 e. The van der Waals surface area contributed by atoms with Crippen molar-refractivity contribution in [2.24, 2.45) is 5.73 Å². The van der Waals surface area contributed by atoms with E-state index >= 15 is 0 Å². The van der Waals surface area contributed by atoms with Gasteiger partial charge in [0.25, 0.3) is 5.91 Å². The molecule has 0 spiro atoms. The molecule has 82 valence electrons. The van der Waals surface area contributed by atoms with Gasteiger partial charge in [0.15, 0.2) is 0 Å². The Hall–Kier alpha value is -1.55. The van der Waals surface area contributed by atoms with Crippen LogP contribution in [0, 0.1) is 0 Å². The average molecular weight is 208 g/mol. The second kappa shape index (κ2) is 6.03. The molecule has 0 aliphatic rings. The van der Waals surface area contributed by atoms with Crippen molar-refractivity contribution in [2.75, 3.05) is 19.7 Å². The van der Waals surface area contributed by atoms with E-state index in [1.54, 1.807) is 24.3 Å². The van der Waals surface area contributed by atoms with E-state index in [0.717, 1.165) is 0 Å². The van der Waals surface area contributed by atoms with Crippen molar-refractivity contribution in [3.63, 3.8) is 0 Å². The highest BCUT2D eigenvalue weighted by molar-refractivity contribution is 5.94. The minimum atomic E-state index is -0.0873. The molecule has 4 heteroatoms. The first-order valence-corrected chi connectivity index (χ1v) is 4.99. The lowest BCUT2D eigenvalue weighted by Crippen LogP contribution is -2.22. The highest BCUT2D eigenvalue weighted by Gasteiger charge is 2.04. The summed E-state index contributed by atoms with van der Waals surface area (Å²) in [5.41, 5.74) is 5.92. The third-order valence-electron chi connectivity index (χ3n) is 1.82. The van der Waals surface area contributed by atoms with Crippen molar-refractivity contribution in [1.82, 2.24) is 5.32 Å². The van der Waals surface area contributed by atoms with Gasteiger partial charge in [-0.2, -0.15) is 0 Å². The molecule has 15 heavy (non-hydrogen) atoms. The van der Waals surface area contributed by atoms with Gasteiger partial charge < -0.3 is 15.8 Å². The van der Waals surface area contributed by atoms with E-state index < -0.39 is 0 Å². The SMILES string of the molecule is CCNC(=O)c1cccc(OCCN)c1. The zero-order chi connectivity index (χ0) is 11.1. The Morgan fingerprint density at radius 3 is 3.00 bits per heavy atom. The maximum Gasteiger partial charge on any atom is 0.251 e. The molecule has 4 nitrogen and oxygen atoms in total. The summed E-state index contributed by atoms with van der Waals surface area (Å²) < 4.78 is 5.32. The number of amides is 1. The lowest BCUT2D eigenvalue weighted by Gasteiger charge is -2.06. The predicted octanol–water partition coefficient (Wildman–Crippen LogP) is 0.774. The number of benzene rings is 1. The molecule has 0 radical (unpaired) electrons. The lowest BCUT2D eigenvalue weighted by atomic mass is 10.2. The van der Waals surface area contributed by atoms with E-state index in [2.05, 4.69) is 5.32 Å². The second-order valence-electron chi connectivity index (χ2n) is 3.02. The molecule has 1 amide bonds. The quantitative estimate of drug-likeness (QED) is 0.751. The van der Waals surface area contributed by atoms with Crippen LogP contribution in [0.1, 0.15) is 17.3 Å². The molecule has 1 aromatic rings. The molecule has 0 aromatic heterocycles. The van der Waals surface area contributed by atoms with Gasteiger partial charge in [0.1, 0.15) is 12.4 Å². The third kappa shape index (κ3) is 3.59. The highest BCUT2D eigenvalue weighted by Crippen LogP contribution is 2.12. The summed E-state index contributed by atoms with van der Waals surface area (Å²) in [5, 5.41) is 2.73. The molecule has 0 aliphatic carbocycles. The van der Waals surface area contributed by atoms with Gasteiger partial charge in [0, 0.05) is 18.7 Å². The normalized spacial score (nSPS) is 9.73. The number of ether oxygens (including phenoxy) is 1. The van der Waals surface area contributed by atoms with Crippen LogP contribution in [0.5, 0.6) is 5.75 Å². The van der Waals surface area contributed by atoms with Crippen molar-refractivity contribution < 1.29 is 9.53 Å². The van der Waals surface area contributed by atoms with E-state index in [1.807, 2.05) is 6.92 Å². The first-order chi connectivity index (χ1) is 7.27. The molecule has 1 aromatic carbocycles. The number of rotatable bonds is 5. The van der Waals surface area contributed by atoms with E-state index in [0.29, 0.717) is 31.0 Å². The molecule has 3 N–H and O–H groups in total. The van der Waals surface area contributed by atoms with Crippen molar-refractivity contribution in [2.45, 2.75) is 6.92 Å². The Bertz CT molecular complexity index is 326. The average Bonchev–Trinajstić information content (AvgIpc) is 2.27. The van der Waals surface area contributed by atoms with E-state index in [4.69, 9.17) is 10.5 Å². The highest BCUT2D eigenvalue weighted by atomic mass is 16.5. The number of hydrogen-bond acceptors (Lipinski definition) is 3. The molecule has 0 unspecified atom stereocenters. The Kier molecular flexibility index (Phi) is 4.63. The van der Waals surface area contributed by atoms with Crippen LogP contribution in [0.4, 0.5) is 0 Å². The van der Waals surface area contributed by atoms with Gasteiger partial charge in [-0.1, -0.05) is 6.07 Å². The predicted molar refractivity (Wildman–Crippen MR) is 59.0 cm³/mol. The summed E-state index contributed by atoms with van der Waals surface area (Å²) >= 11 is 0. The monoisotopic (exact) mass is 208 g/mol. The van der Waals surface area contributed by atoms with Crippen molar-refractivity contribution in [1.29, 1.82) is 0 Å². The summed E-state index contributed by atoms with van der Waals surface area (Å²) in [4.78, 5) is 11.5. The second-order valence-corrected chi connectivity index (χ2v) is 3.02. The fourth-order valence-corrected chi connectivity index (χ4v) is 1.17. The summed E-state index contributed by atoms with van der Waals surface area (Å²) in [6.45, 7) is 3.42. The molecule has 0 aliphatic heterocycles. The van der Waals surface area contributed by atoms with Crippen molar-refractivity contribution >= 4 is 5.91 Å². The topological polar surface area (TPSA) is 64.3 Å². The van der Waals surface area contributed by atoms with Crippen LogP contribution in [0.15, 0.2) is 24.3 Å². The summed E-state index contributed by atoms with van der Waals surface area (Å²) in [7, 11) is 0. The Morgan fingerprint density at radius 2 is 2.33 bits per heavy atom. The fraction of sp³-hybridized carbons (Fsp3) is 0.364.